The molecular weight excluding hydrogens is 671 g/mol. The molecule has 0 amide bonds. The van der Waals surface area contributed by atoms with Crippen LogP contribution < -0.4 is 12.4 Å². The maximum atomic E-state index is 8.50. The van der Waals surface area contributed by atoms with Crippen molar-refractivity contribution in [1.82, 2.24) is 0 Å². The van der Waals surface area contributed by atoms with Gasteiger partial charge in [-0.05, 0) is 0 Å². The standard InChI is InChI=1S/3GeO2.3GeH3.La/c3*2-1-3;;;;/h;;;3*1H3;/q3*-1;;;;+3. The topological polar surface area (TPSA) is 120 Å². The van der Waals surface area contributed by atoms with E-state index < -0.39 is 47.1 Å². The molecule has 0 aromatic heterocycles. The fraction of sp³-hybridized carbons (Fsp3) is 0. The van der Waals surface area contributed by atoms with Crippen LogP contribution in [0.2, 0.25) is 0 Å². The SMILES string of the molecule is [GeH3].[GeH3].[GeH3].[La+3].[O]=[Ge][O-].[O]=[Ge][O-].[O]=[Ge][O-]. The van der Waals surface area contributed by atoms with E-state index in [1.54, 1.807) is 0 Å². The molecule has 13 heteroatoms. The van der Waals surface area contributed by atoms with Gasteiger partial charge in [-0.25, -0.2) is 0 Å². The summed E-state index contributed by atoms with van der Waals surface area (Å²) in [5.74, 6) is 0. The van der Waals surface area contributed by atoms with Gasteiger partial charge in [-0.1, -0.05) is 0 Å². The van der Waals surface area contributed by atoms with Crippen LogP contribution in [0.15, 0.2) is 0 Å². The van der Waals surface area contributed by atoms with Crippen molar-refractivity contribution in [3.63, 3.8) is 0 Å². The Morgan fingerprint density at radius 2 is 0.615 bits per heavy atom. The second-order valence-electron chi connectivity index (χ2n) is 0.250. The minimum atomic E-state index is -2.00. The maximum absolute atomic E-state index is 8.50. The van der Waals surface area contributed by atoms with E-state index in [-0.39, 0.29) is 88.4 Å². The summed E-state index contributed by atoms with van der Waals surface area (Å²) in [6.45, 7) is 0. The summed E-state index contributed by atoms with van der Waals surface area (Å²) in [5.41, 5.74) is 0. The van der Waals surface area contributed by atoms with E-state index in [2.05, 4.69) is 0 Å². The third-order valence-corrected chi connectivity index (χ3v) is 0. The second kappa shape index (κ2) is 79.3. The van der Waals surface area contributed by atoms with Gasteiger partial charge >= 0.3 is 159 Å². The zero-order valence-corrected chi connectivity index (χ0v) is 30.0. The summed E-state index contributed by atoms with van der Waals surface area (Å²) in [7, 11) is 0. The molecule has 6 radical (unpaired) electrons. The number of rotatable bonds is 0. The molecule has 0 aliphatic heterocycles. The molecule has 0 spiro atoms. The molecule has 0 heterocycles. The van der Waals surface area contributed by atoms with Crippen molar-refractivity contribution in [2.45, 2.75) is 0 Å². The molecule has 0 fully saturated rings. The Kier molecular flexibility index (Phi) is 269. The van der Waals surface area contributed by atoms with Gasteiger partial charge in [0.05, 0.1) is 0 Å². The predicted molar refractivity (Wildman–Crippen MR) is 49.1 cm³/mol. The van der Waals surface area contributed by atoms with Crippen molar-refractivity contribution in [2.24, 2.45) is 0 Å². The summed E-state index contributed by atoms with van der Waals surface area (Å²) >= 11 is -6.00. The Hall–Kier alpha value is 3.25. The van der Waals surface area contributed by atoms with Crippen LogP contribution in [0.1, 0.15) is 0 Å². The molecule has 0 aliphatic rings. The Labute approximate surface area is 156 Å². The van der Waals surface area contributed by atoms with Gasteiger partial charge in [0.2, 0.25) is 0 Å². The fourth-order valence-corrected chi connectivity index (χ4v) is 0. The minimum absolute atomic E-state index is 0. The van der Waals surface area contributed by atoms with Gasteiger partial charge in [0, 0.05) is 0 Å². The number of hydrogen-bond donors (Lipinski definition) is 0. The average Bonchev–Trinajstić information content (AvgIpc) is 1.70. The van der Waals surface area contributed by atoms with Crippen molar-refractivity contribution in [3.05, 3.63) is 0 Å². The van der Waals surface area contributed by atoms with Crippen LogP contribution in [-0.2, 0) is 11.3 Å². The third-order valence-electron chi connectivity index (χ3n) is 0. The molecule has 13 heavy (non-hydrogen) atoms. The Morgan fingerprint density at radius 3 is 0.615 bits per heavy atom. The molecule has 72 valence electrons. The Morgan fingerprint density at radius 1 is 0.615 bits per heavy atom. The quantitative estimate of drug-likeness (QED) is 0.235. The van der Waals surface area contributed by atoms with E-state index in [4.69, 9.17) is 23.7 Å². The molecule has 0 unspecified atom stereocenters. The molecule has 0 aromatic rings. The summed E-state index contributed by atoms with van der Waals surface area (Å²) in [4.78, 5) is 0. The first-order chi connectivity index (χ1) is 4.24. The van der Waals surface area contributed by atoms with E-state index in [1.807, 2.05) is 0 Å². The van der Waals surface area contributed by atoms with Gasteiger partial charge in [0.15, 0.2) is 0 Å². The molecule has 0 rings (SSSR count). The van der Waals surface area contributed by atoms with Gasteiger partial charge in [0.25, 0.3) is 0 Å². The van der Waals surface area contributed by atoms with Gasteiger partial charge in [0.1, 0.15) is 0 Å². The van der Waals surface area contributed by atoms with Crippen LogP contribution in [0.25, 0.3) is 0 Å². The molecule has 0 N–H and O–H groups in total. The summed E-state index contributed by atoms with van der Waals surface area (Å²) < 4.78 is 51.0. The van der Waals surface area contributed by atoms with Gasteiger partial charge in [-0.3, -0.25) is 0 Å². The van der Waals surface area contributed by atoms with E-state index in [0.717, 1.165) is 0 Å². The van der Waals surface area contributed by atoms with Gasteiger partial charge in [-0.15, -0.1) is 0 Å². The first kappa shape index (κ1) is 44.2. The first-order valence-corrected chi connectivity index (χ1v) is 6.36. The van der Waals surface area contributed by atoms with Crippen molar-refractivity contribution in [3.8, 4) is 0 Å². The van der Waals surface area contributed by atoms with Crippen LogP contribution in [-0.4, -0.2) is 99.9 Å². The molecule has 0 saturated heterocycles. The van der Waals surface area contributed by atoms with Gasteiger partial charge in [-0.2, -0.15) is 0 Å². The van der Waals surface area contributed by atoms with E-state index in [0.29, 0.717) is 0 Å². The molecular formula is H9Ge6LaO6. The molecule has 0 aromatic carbocycles. The van der Waals surface area contributed by atoms with Crippen LogP contribution in [0.3, 0.4) is 0 Å². The summed E-state index contributed by atoms with van der Waals surface area (Å²) in [6.07, 6.45) is 0. The molecule has 0 bridgehead atoms. The van der Waals surface area contributed by atoms with Gasteiger partial charge < -0.3 is 0 Å². The molecule has 0 atom stereocenters. The van der Waals surface area contributed by atoms with Crippen molar-refractivity contribution >= 4 is 99.9 Å². The Balaban J connectivity index is -0.00000000720. The summed E-state index contributed by atoms with van der Waals surface area (Å²) in [5, 5.41) is 0. The first-order valence-electron chi connectivity index (χ1n) is 1.22. The Bertz CT molecular complexity index is 53.9. The zero-order chi connectivity index (χ0) is 8.12. The van der Waals surface area contributed by atoms with Crippen molar-refractivity contribution in [2.75, 3.05) is 0 Å². The van der Waals surface area contributed by atoms with Crippen LogP contribution in [0, 0.1) is 35.6 Å². The van der Waals surface area contributed by atoms with Crippen molar-refractivity contribution in [1.29, 1.82) is 0 Å². The van der Waals surface area contributed by atoms with Crippen LogP contribution in [0.4, 0.5) is 0 Å². The van der Waals surface area contributed by atoms with E-state index in [9.17, 15) is 0 Å². The van der Waals surface area contributed by atoms with Crippen LogP contribution in [0.5, 0.6) is 0 Å². The molecule has 6 nitrogen and oxygen atoms in total. The third kappa shape index (κ3) is 253. The van der Waals surface area contributed by atoms with E-state index in [1.165, 1.54) is 0 Å². The molecule has 0 saturated carbocycles. The zero-order valence-electron chi connectivity index (χ0n) is 7.53. The average molecular weight is 680 g/mol. The second-order valence-corrected chi connectivity index (χ2v) is 1.30. The number of hydrogen-bond acceptors (Lipinski definition) is 6. The predicted octanol–water partition coefficient (Wildman–Crippen LogP) is -8.62. The normalized spacial score (nSPS) is 2.77. The molecule has 0 aliphatic carbocycles. The monoisotopic (exact) mass is 687 g/mol. The van der Waals surface area contributed by atoms with Crippen molar-refractivity contribution < 1.29 is 59.3 Å². The van der Waals surface area contributed by atoms with E-state index >= 15 is 0 Å². The summed E-state index contributed by atoms with van der Waals surface area (Å²) in [6, 6.07) is 0. The van der Waals surface area contributed by atoms with Crippen LogP contribution >= 0.6 is 0 Å². The fourth-order valence-electron chi connectivity index (χ4n) is 0.